The van der Waals surface area contributed by atoms with Crippen molar-refractivity contribution in [2.24, 2.45) is 5.84 Å². The average Bonchev–Trinajstić information content (AvgIpc) is 2.94. The zero-order chi connectivity index (χ0) is 14.0. The van der Waals surface area contributed by atoms with Crippen LogP contribution in [0.15, 0.2) is 16.6 Å². The SMILES string of the molecule is CN(CCCO)S(=O)(=O)c1c(NN)nc2sccn12. The molecule has 0 fully saturated rings. The van der Waals surface area contributed by atoms with Gasteiger partial charge in [-0.3, -0.25) is 4.40 Å². The molecular weight excluding hydrogens is 290 g/mol. The molecule has 0 bridgehead atoms. The number of nitrogens with one attached hydrogen (secondary N) is 1. The molecule has 0 aliphatic heterocycles. The number of thiazole rings is 1. The van der Waals surface area contributed by atoms with Crippen LogP contribution >= 0.6 is 11.3 Å². The van der Waals surface area contributed by atoms with Crippen molar-refractivity contribution in [3.63, 3.8) is 0 Å². The Morgan fingerprint density at radius 3 is 3.00 bits per heavy atom. The molecule has 0 radical (unpaired) electrons. The summed E-state index contributed by atoms with van der Waals surface area (Å²) >= 11 is 1.32. The third kappa shape index (κ3) is 2.44. The van der Waals surface area contributed by atoms with Crippen LogP contribution < -0.4 is 11.3 Å². The van der Waals surface area contributed by atoms with Crippen LogP contribution in [0.4, 0.5) is 5.82 Å². The molecule has 2 heterocycles. The number of nitrogen functional groups attached to an aromatic ring is 1. The van der Waals surface area contributed by atoms with Gasteiger partial charge in [0.15, 0.2) is 10.8 Å². The van der Waals surface area contributed by atoms with Crippen molar-refractivity contribution in [2.75, 3.05) is 25.6 Å². The highest BCUT2D eigenvalue weighted by atomic mass is 32.2. The van der Waals surface area contributed by atoms with E-state index >= 15 is 0 Å². The Hall–Kier alpha value is -1.20. The molecule has 106 valence electrons. The predicted molar refractivity (Wildman–Crippen MR) is 72.4 cm³/mol. The lowest BCUT2D eigenvalue weighted by atomic mass is 10.5. The Morgan fingerprint density at radius 2 is 2.37 bits per heavy atom. The molecule has 0 atom stereocenters. The van der Waals surface area contributed by atoms with E-state index in [0.717, 1.165) is 0 Å². The minimum absolute atomic E-state index is 0.00619. The first-order chi connectivity index (χ1) is 9.02. The Labute approximate surface area is 114 Å². The van der Waals surface area contributed by atoms with Crippen LogP contribution in [0.3, 0.4) is 0 Å². The van der Waals surface area contributed by atoms with Crippen LogP contribution in [0.5, 0.6) is 0 Å². The molecule has 0 aliphatic rings. The summed E-state index contributed by atoms with van der Waals surface area (Å²) in [6.07, 6.45) is 1.99. The van der Waals surface area contributed by atoms with Crippen molar-refractivity contribution in [3.05, 3.63) is 11.6 Å². The standard InChI is InChI=1S/C9H15N5O3S2/c1-13(3-2-5-15)19(16,17)8-7(12-10)11-9-14(8)4-6-18-9/h4,6,12,15H,2-3,5,10H2,1H3. The first kappa shape index (κ1) is 14.2. The summed E-state index contributed by atoms with van der Waals surface area (Å²) in [5, 5.41) is 10.5. The van der Waals surface area contributed by atoms with E-state index in [9.17, 15) is 8.42 Å². The first-order valence-corrected chi connectivity index (χ1v) is 7.83. The third-order valence-corrected chi connectivity index (χ3v) is 5.28. The maximum atomic E-state index is 12.5. The minimum Gasteiger partial charge on any atom is -0.396 e. The Bertz CT molecular complexity index is 662. The Kier molecular flexibility index (Phi) is 4.06. The highest BCUT2D eigenvalue weighted by Gasteiger charge is 2.29. The summed E-state index contributed by atoms with van der Waals surface area (Å²) in [5.41, 5.74) is 2.31. The molecule has 0 spiro atoms. The fraction of sp³-hybridized carbons (Fsp3) is 0.444. The number of sulfonamides is 1. The second-order valence-corrected chi connectivity index (χ2v) is 6.70. The monoisotopic (exact) mass is 305 g/mol. The molecule has 0 aromatic carbocycles. The number of aromatic nitrogens is 2. The van der Waals surface area contributed by atoms with Gasteiger partial charge in [-0.1, -0.05) is 0 Å². The van der Waals surface area contributed by atoms with Crippen molar-refractivity contribution < 1.29 is 13.5 Å². The molecule has 4 N–H and O–H groups in total. The van der Waals surface area contributed by atoms with E-state index in [1.807, 2.05) is 0 Å². The highest BCUT2D eigenvalue weighted by molar-refractivity contribution is 7.89. The van der Waals surface area contributed by atoms with E-state index < -0.39 is 10.0 Å². The maximum Gasteiger partial charge on any atom is 0.262 e. The van der Waals surface area contributed by atoms with Gasteiger partial charge in [0, 0.05) is 31.8 Å². The molecule has 8 nitrogen and oxygen atoms in total. The van der Waals surface area contributed by atoms with Crippen molar-refractivity contribution in [1.82, 2.24) is 13.7 Å². The number of anilines is 1. The number of hydrogen-bond acceptors (Lipinski definition) is 7. The van der Waals surface area contributed by atoms with Gasteiger partial charge < -0.3 is 10.5 Å². The maximum absolute atomic E-state index is 12.5. The van der Waals surface area contributed by atoms with Gasteiger partial charge in [0.1, 0.15) is 0 Å². The van der Waals surface area contributed by atoms with Crippen molar-refractivity contribution in [1.29, 1.82) is 0 Å². The lowest BCUT2D eigenvalue weighted by molar-refractivity contribution is 0.275. The predicted octanol–water partition coefficient (Wildman–Crippen LogP) is -0.316. The average molecular weight is 305 g/mol. The number of aliphatic hydroxyl groups is 1. The Balaban J connectivity index is 2.49. The number of imidazole rings is 1. The summed E-state index contributed by atoms with van der Waals surface area (Å²) in [6, 6.07) is 0. The number of nitrogens with two attached hydrogens (primary N) is 1. The fourth-order valence-corrected chi connectivity index (χ4v) is 3.85. The van der Waals surface area contributed by atoms with Crippen LogP contribution in [0.2, 0.25) is 0 Å². The van der Waals surface area contributed by atoms with E-state index in [1.54, 1.807) is 11.6 Å². The normalized spacial score (nSPS) is 12.4. The van der Waals surface area contributed by atoms with Crippen LogP contribution in [0.1, 0.15) is 6.42 Å². The number of hydrogen-bond donors (Lipinski definition) is 3. The number of hydrazine groups is 1. The topological polar surface area (TPSA) is 113 Å². The largest absolute Gasteiger partial charge is 0.396 e. The summed E-state index contributed by atoms with van der Waals surface area (Å²) in [5.74, 6) is 5.44. The summed E-state index contributed by atoms with van der Waals surface area (Å²) < 4.78 is 27.6. The number of aliphatic hydroxyl groups excluding tert-OH is 1. The number of nitrogens with zero attached hydrogens (tertiary/aromatic N) is 3. The molecule has 10 heteroatoms. The van der Waals surface area contributed by atoms with Gasteiger partial charge in [0.05, 0.1) is 0 Å². The van der Waals surface area contributed by atoms with E-state index in [2.05, 4.69) is 10.4 Å². The zero-order valence-corrected chi connectivity index (χ0v) is 11.9. The van der Waals surface area contributed by atoms with Crippen molar-refractivity contribution >= 4 is 32.1 Å². The molecule has 19 heavy (non-hydrogen) atoms. The highest BCUT2D eigenvalue weighted by Crippen LogP contribution is 2.27. The molecular formula is C9H15N5O3S2. The second kappa shape index (κ2) is 5.43. The molecule has 0 aliphatic carbocycles. The quantitative estimate of drug-likeness (QED) is 0.498. The van der Waals surface area contributed by atoms with Crippen LogP contribution in [-0.2, 0) is 10.0 Å². The van der Waals surface area contributed by atoms with Crippen molar-refractivity contribution in [3.8, 4) is 0 Å². The minimum atomic E-state index is -3.72. The van der Waals surface area contributed by atoms with E-state index in [-0.39, 0.29) is 24.0 Å². The molecule has 2 aromatic rings. The molecule has 0 saturated heterocycles. The van der Waals surface area contributed by atoms with Gasteiger partial charge in [0.25, 0.3) is 10.0 Å². The summed E-state index contributed by atoms with van der Waals surface area (Å²) in [4.78, 5) is 4.65. The molecule has 0 unspecified atom stereocenters. The smallest absolute Gasteiger partial charge is 0.262 e. The van der Waals surface area contributed by atoms with E-state index in [1.165, 1.54) is 27.1 Å². The fourth-order valence-electron chi connectivity index (χ4n) is 1.67. The van der Waals surface area contributed by atoms with Gasteiger partial charge in [-0.25, -0.2) is 14.3 Å². The molecule has 2 aromatic heterocycles. The number of fused-ring (bicyclic) bond motifs is 1. The van der Waals surface area contributed by atoms with E-state index in [0.29, 0.717) is 11.4 Å². The van der Waals surface area contributed by atoms with Gasteiger partial charge >= 0.3 is 0 Å². The first-order valence-electron chi connectivity index (χ1n) is 5.51. The van der Waals surface area contributed by atoms with Gasteiger partial charge in [0.2, 0.25) is 5.03 Å². The number of rotatable bonds is 6. The molecule has 0 amide bonds. The van der Waals surface area contributed by atoms with Crippen LogP contribution in [-0.4, -0.2) is 47.4 Å². The van der Waals surface area contributed by atoms with Crippen molar-refractivity contribution in [2.45, 2.75) is 11.4 Å². The van der Waals surface area contributed by atoms with Gasteiger partial charge in [-0.05, 0) is 6.42 Å². The summed E-state index contributed by atoms with van der Waals surface area (Å²) in [7, 11) is -2.26. The lowest BCUT2D eigenvalue weighted by Crippen LogP contribution is -2.30. The second-order valence-electron chi connectivity index (χ2n) is 3.87. The van der Waals surface area contributed by atoms with E-state index in [4.69, 9.17) is 10.9 Å². The zero-order valence-electron chi connectivity index (χ0n) is 10.3. The lowest BCUT2D eigenvalue weighted by Gasteiger charge is -2.16. The molecule has 2 rings (SSSR count). The Morgan fingerprint density at radius 1 is 1.63 bits per heavy atom. The summed E-state index contributed by atoms with van der Waals surface area (Å²) in [6.45, 7) is 0.155. The molecule has 0 saturated carbocycles. The third-order valence-electron chi connectivity index (χ3n) is 2.64. The van der Waals surface area contributed by atoms with Crippen LogP contribution in [0, 0.1) is 0 Å². The van der Waals surface area contributed by atoms with Gasteiger partial charge in [-0.2, -0.15) is 9.29 Å². The van der Waals surface area contributed by atoms with Gasteiger partial charge in [-0.15, -0.1) is 11.3 Å². The van der Waals surface area contributed by atoms with Crippen LogP contribution in [0.25, 0.3) is 4.96 Å².